The number of pyridine rings is 1. The molecule has 0 saturated carbocycles. The van der Waals surface area contributed by atoms with Crippen molar-refractivity contribution in [1.29, 1.82) is 0 Å². The first kappa shape index (κ1) is 11.4. The number of para-hydroxylation sites is 1. The van der Waals surface area contributed by atoms with Crippen molar-refractivity contribution in [3.63, 3.8) is 0 Å². The van der Waals surface area contributed by atoms with Crippen LogP contribution in [0, 0.1) is 0 Å². The molecule has 0 aliphatic heterocycles. The number of phenolic OH excluding ortho intramolecular Hbond substituents is 1. The molecule has 1 aromatic carbocycles. The molecule has 1 heterocycles. The SMILES string of the molecule is O.O.Oc1cccc2cccnc12. The lowest BCUT2D eigenvalue weighted by molar-refractivity contribution is 0.480. The highest BCUT2D eigenvalue weighted by Gasteiger charge is 1.96. The number of fused-ring (bicyclic) bond motifs is 1. The van der Waals surface area contributed by atoms with Gasteiger partial charge in [0.25, 0.3) is 0 Å². The molecule has 0 radical (unpaired) electrons. The summed E-state index contributed by atoms with van der Waals surface area (Å²) in [6, 6.07) is 9.13. The fourth-order valence-corrected chi connectivity index (χ4v) is 1.09. The molecule has 0 fully saturated rings. The summed E-state index contributed by atoms with van der Waals surface area (Å²) in [4.78, 5) is 4.03. The Morgan fingerprint density at radius 1 is 1.00 bits per heavy atom. The third kappa shape index (κ3) is 1.93. The topological polar surface area (TPSA) is 96.1 Å². The third-order valence-electron chi connectivity index (χ3n) is 1.61. The second kappa shape index (κ2) is 4.39. The van der Waals surface area contributed by atoms with Crippen LogP contribution < -0.4 is 0 Å². The minimum atomic E-state index is 0. The van der Waals surface area contributed by atoms with Crippen LogP contribution in [-0.4, -0.2) is 21.0 Å². The van der Waals surface area contributed by atoms with Crippen molar-refractivity contribution >= 4 is 10.9 Å². The summed E-state index contributed by atoms with van der Waals surface area (Å²) < 4.78 is 0. The lowest BCUT2D eigenvalue weighted by Gasteiger charge is -1.96. The third-order valence-corrected chi connectivity index (χ3v) is 1.61. The van der Waals surface area contributed by atoms with Gasteiger partial charge < -0.3 is 16.1 Å². The van der Waals surface area contributed by atoms with E-state index in [1.165, 1.54) is 0 Å². The van der Waals surface area contributed by atoms with E-state index < -0.39 is 0 Å². The van der Waals surface area contributed by atoms with Gasteiger partial charge in [-0.05, 0) is 12.1 Å². The van der Waals surface area contributed by atoms with Crippen LogP contribution in [-0.2, 0) is 0 Å². The van der Waals surface area contributed by atoms with E-state index in [4.69, 9.17) is 0 Å². The fraction of sp³-hybridized carbons (Fsp3) is 0. The zero-order chi connectivity index (χ0) is 7.68. The molecule has 0 atom stereocenters. The first-order chi connectivity index (χ1) is 5.38. The van der Waals surface area contributed by atoms with Gasteiger partial charge in [0, 0.05) is 11.6 Å². The second-order valence-electron chi connectivity index (χ2n) is 2.35. The number of hydrogen-bond acceptors (Lipinski definition) is 2. The minimum Gasteiger partial charge on any atom is -0.506 e. The largest absolute Gasteiger partial charge is 0.506 e. The van der Waals surface area contributed by atoms with Crippen LogP contribution in [0.5, 0.6) is 5.75 Å². The molecule has 0 aliphatic carbocycles. The van der Waals surface area contributed by atoms with Crippen LogP contribution in [0.4, 0.5) is 0 Å². The summed E-state index contributed by atoms with van der Waals surface area (Å²) in [7, 11) is 0. The van der Waals surface area contributed by atoms with Gasteiger partial charge in [0.1, 0.15) is 11.3 Å². The van der Waals surface area contributed by atoms with Gasteiger partial charge in [-0.2, -0.15) is 0 Å². The number of aromatic nitrogens is 1. The van der Waals surface area contributed by atoms with Gasteiger partial charge in [0.05, 0.1) is 0 Å². The van der Waals surface area contributed by atoms with Crippen LogP contribution in [0.15, 0.2) is 36.5 Å². The van der Waals surface area contributed by atoms with E-state index >= 15 is 0 Å². The van der Waals surface area contributed by atoms with E-state index in [0.29, 0.717) is 5.52 Å². The Morgan fingerprint density at radius 3 is 2.38 bits per heavy atom. The molecule has 4 heteroatoms. The molecular weight excluding hydrogens is 170 g/mol. The van der Waals surface area contributed by atoms with Crippen molar-refractivity contribution in [2.45, 2.75) is 0 Å². The van der Waals surface area contributed by atoms with E-state index in [2.05, 4.69) is 4.98 Å². The molecule has 4 nitrogen and oxygen atoms in total. The van der Waals surface area contributed by atoms with Crippen molar-refractivity contribution in [2.24, 2.45) is 0 Å². The zero-order valence-electron chi connectivity index (χ0n) is 6.86. The maximum absolute atomic E-state index is 9.31. The monoisotopic (exact) mass is 181 g/mol. The van der Waals surface area contributed by atoms with Crippen molar-refractivity contribution in [3.8, 4) is 5.75 Å². The molecular formula is C9H11NO3. The standard InChI is InChI=1S/C9H7NO.2H2O/c11-8-5-1-3-7-4-2-6-10-9(7)8;;/h1-6,11H;2*1H2. The summed E-state index contributed by atoms with van der Waals surface area (Å²) >= 11 is 0. The van der Waals surface area contributed by atoms with Gasteiger partial charge in [-0.1, -0.05) is 18.2 Å². The van der Waals surface area contributed by atoms with Crippen molar-refractivity contribution in [2.75, 3.05) is 0 Å². The second-order valence-corrected chi connectivity index (χ2v) is 2.35. The maximum atomic E-state index is 9.31. The van der Waals surface area contributed by atoms with Gasteiger partial charge in [0.15, 0.2) is 0 Å². The summed E-state index contributed by atoms with van der Waals surface area (Å²) in [5.74, 6) is 0.239. The average Bonchev–Trinajstić information content (AvgIpc) is 2.06. The number of rotatable bonds is 0. The van der Waals surface area contributed by atoms with Crippen molar-refractivity contribution in [3.05, 3.63) is 36.5 Å². The number of hydrogen-bond donors (Lipinski definition) is 1. The van der Waals surface area contributed by atoms with E-state index in [1.807, 2.05) is 18.2 Å². The Kier molecular flexibility index (Phi) is 3.84. The van der Waals surface area contributed by atoms with Crippen LogP contribution >= 0.6 is 0 Å². The molecule has 1 aromatic heterocycles. The molecule has 0 spiro atoms. The van der Waals surface area contributed by atoms with Crippen LogP contribution in [0.2, 0.25) is 0 Å². The van der Waals surface area contributed by atoms with Gasteiger partial charge in [-0.3, -0.25) is 4.98 Å². The molecule has 2 rings (SSSR count). The average molecular weight is 181 g/mol. The summed E-state index contributed by atoms with van der Waals surface area (Å²) in [6.07, 6.45) is 1.67. The first-order valence-electron chi connectivity index (χ1n) is 3.40. The molecule has 5 N–H and O–H groups in total. The minimum absolute atomic E-state index is 0. The van der Waals surface area contributed by atoms with Crippen LogP contribution in [0.25, 0.3) is 10.9 Å². The molecule has 0 amide bonds. The van der Waals surface area contributed by atoms with Crippen molar-refractivity contribution < 1.29 is 16.1 Å². The number of aromatic hydroxyl groups is 1. The maximum Gasteiger partial charge on any atom is 0.141 e. The molecule has 0 aliphatic rings. The summed E-state index contributed by atoms with van der Waals surface area (Å²) in [5, 5.41) is 10.3. The molecule has 0 unspecified atom stereocenters. The number of benzene rings is 1. The summed E-state index contributed by atoms with van der Waals surface area (Å²) in [6.45, 7) is 0. The van der Waals surface area contributed by atoms with E-state index in [-0.39, 0.29) is 16.7 Å². The fourth-order valence-electron chi connectivity index (χ4n) is 1.09. The van der Waals surface area contributed by atoms with Gasteiger partial charge in [-0.25, -0.2) is 0 Å². The van der Waals surface area contributed by atoms with Crippen molar-refractivity contribution in [1.82, 2.24) is 4.98 Å². The Hall–Kier alpha value is -1.65. The summed E-state index contributed by atoms with van der Waals surface area (Å²) in [5.41, 5.74) is 0.662. The van der Waals surface area contributed by atoms with E-state index in [0.717, 1.165) is 5.39 Å². The van der Waals surface area contributed by atoms with Crippen LogP contribution in [0.3, 0.4) is 0 Å². The van der Waals surface area contributed by atoms with Gasteiger partial charge >= 0.3 is 0 Å². The number of phenols is 1. The molecule has 70 valence electrons. The zero-order valence-corrected chi connectivity index (χ0v) is 6.86. The Bertz CT molecular complexity index is 384. The lowest BCUT2D eigenvalue weighted by atomic mass is 10.2. The lowest BCUT2D eigenvalue weighted by Crippen LogP contribution is -1.76. The Morgan fingerprint density at radius 2 is 1.69 bits per heavy atom. The predicted octanol–water partition coefficient (Wildman–Crippen LogP) is 0.291. The van der Waals surface area contributed by atoms with E-state index in [9.17, 15) is 5.11 Å². The quantitative estimate of drug-likeness (QED) is 0.632. The van der Waals surface area contributed by atoms with Gasteiger partial charge in [-0.15, -0.1) is 0 Å². The first-order valence-corrected chi connectivity index (χ1v) is 3.40. The van der Waals surface area contributed by atoms with E-state index in [1.54, 1.807) is 18.3 Å². The highest BCUT2D eigenvalue weighted by Crippen LogP contribution is 2.20. The normalized spacial score (nSPS) is 8.62. The highest BCUT2D eigenvalue weighted by molar-refractivity contribution is 5.83. The van der Waals surface area contributed by atoms with Crippen LogP contribution in [0.1, 0.15) is 0 Å². The molecule has 0 saturated heterocycles. The number of nitrogens with zero attached hydrogens (tertiary/aromatic N) is 1. The molecule has 0 bridgehead atoms. The Balaban J connectivity index is 0.000000720. The Labute approximate surface area is 75.1 Å². The molecule has 13 heavy (non-hydrogen) atoms. The predicted molar refractivity (Wildman–Crippen MR) is 50.6 cm³/mol. The smallest absolute Gasteiger partial charge is 0.141 e. The highest BCUT2D eigenvalue weighted by atomic mass is 16.3. The van der Waals surface area contributed by atoms with Gasteiger partial charge in [0.2, 0.25) is 0 Å². The molecule has 2 aromatic rings.